The van der Waals surface area contributed by atoms with Crippen molar-refractivity contribution in [2.24, 2.45) is 5.73 Å². The van der Waals surface area contributed by atoms with Gasteiger partial charge in [-0.25, -0.2) is 8.78 Å². The van der Waals surface area contributed by atoms with Gasteiger partial charge in [0.1, 0.15) is 5.75 Å². The first-order valence-electron chi connectivity index (χ1n) is 5.56. The maximum absolute atomic E-state index is 12.9. The molecule has 2 N–H and O–H groups in total. The fraction of sp³-hybridized carbons (Fsp3) is 0.538. The molecule has 1 aromatic rings. The third-order valence-corrected chi connectivity index (χ3v) is 2.45. The van der Waals surface area contributed by atoms with Gasteiger partial charge in [0.2, 0.25) is 0 Å². The monoisotopic (exact) mass is 243 g/mol. The van der Waals surface area contributed by atoms with E-state index in [0.717, 1.165) is 5.56 Å². The summed E-state index contributed by atoms with van der Waals surface area (Å²) < 4.78 is 30.9. The van der Waals surface area contributed by atoms with E-state index in [1.54, 1.807) is 18.2 Å². The minimum absolute atomic E-state index is 0.0320. The lowest BCUT2D eigenvalue weighted by Crippen LogP contribution is -2.34. The molecule has 0 bridgehead atoms. The number of benzene rings is 1. The molecule has 4 heteroatoms. The third kappa shape index (κ3) is 4.30. The Balaban J connectivity index is 2.74. The first-order chi connectivity index (χ1) is 7.74. The zero-order valence-corrected chi connectivity index (χ0v) is 10.5. The minimum atomic E-state index is -2.97. The summed E-state index contributed by atoms with van der Waals surface area (Å²) in [7, 11) is 0. The van der Waals surface area contributed by atoms with Crippen molar-refractivity contribution in [2.75, 3.05) is 13.2 Å². The number of ether oxygens (including phenoxy) is 1. The van der Waals surface area contributed by atoms with Gasteiger partial charge in [0.25, 0.3) is 5.92 Å². The summed E-state index contributed by atoms with van der Waals surface area (Å²) in [6.45, 7) is 4.78. The molecule has 0 saturated heterocycles. The number of halogens is 2. The molecule has 0 aliphatic carbocycles. The van der Waals surface area contributed by atoms with Crippen LogP contribution in [0.4, 0.5) is 8.78 Å². The van der Waals surface area contributed by atoms with E-state index in [4.69, 9.17) is 10.5 Å². The van der Waals surface area contributed by atoms with Crippen LogP contribution in [-0.2, 0) is 5.41 Å². The van der Waals surface area contributed by atoms with E-state index in [1.165, 1.54) is 0 Å². The zero-order valence-electron chi connectivity index (χ0n) is 10.5. The van der Waals surface area contributed by atoms with Gasteiger partial charge in [-0.05, 0) is 23.1 Å². The Hall–Kier alpha value is -1.16. The molecule has 0 atom stereocenters. The van der Waals surface area contributed by atoms with Crippen molar-refractivity contribution in [3.05, 3.63) is 29.8 Å². The molecule has 0 radical (unpaired) electrons. The van der Waals surface area contributed by atoms with Gasteiger partial charge < -0.3 is 10.5 Å². The fourth-order valence-corrected chi connectivity index (χ4v) is 1.30. The predicted molar refractivity (Wildman–Crippen MR) is 64.6 cm³/mol. The van der Waals surface area contributed by atoms with Crippen molar-refractivity contribution >= 4 is 0 Å². The Morgan fingerprint density at radius 2 is 1.88 bits per heavy atom. The van der Waals surface area contributed by atoms with Gasteiger partial charge in [0.05, 0.1) is 6.54 Å². The van der Waals surface area contributed by atoms with Gasteiger partial charge in [-0.15, -0.1) is 0 Å². The van der Waals surface area contributed by atoms with Crippen LogP contribution in [0, 0.1) is 0 Å². The summed E-state index contributed by atoms with van der Waals surface area (Å²) in [6.07, 6.45) is 0. The van der Waals surface area contributed by atoms with Crippen molar-refractivity contribution in [3.63, 3.8) is 0 Å². The Morgan fingerprint density at radius 3 is 2.41 bits per heavy atom. The fourth-order valence-electron chi connectivity index (χ4n) is 1.30. The Bertz CT molecular complexity index is 372. The smallest absolute Gasteiger partial charge is 0.293 e. The molecule has 0 aromatic heterocycles. The maximum Gasteiger partial charge on any atom is 0.293 e. The molecule has 0 heterocycles. The van der Waals surface area contributed by atoms with Crippen molar-refractivity contribution in [1.82, 2.24) is 0 Å². The third-order valence-electron chi connectivity index (χ3n) is 2.45. The molecular weight excluding hydrogens is 224 g/mol. The normalized spacial score (nSPS) is 12.6. The summed E-state index contributed by atoms with van der Waals surface area (Å²) >= 11 is 0. The lowest BCUT2D eigenvalue weighted by molar-refractivity contribution is -0.0319. The average molecular weight is 243 g/mol. The van der Waals surface area contributed by atoms with Gasteiger partial charge in [-0.3, -0.25) is 0 Å². The highest BCUT2D eigenvalue weighted by atomic mass is 19.3. The predicted octanol–water partition coefficient (Wildman–Crippen LogP) is 2.96. The molecule has 0 aliphatic heterocycles. The molecule has 1 rings (SSSR count). The van der Waals surface area contributed by atoms with Crippen LogP contribution in [0.15, 0.2) is 24.3 Å². The Labute approximate surface area is 101 Å². The molecule has 0 aliphatic rings. The van der Waals surface area contributed by atoms with E-state index in [-0.39, 0.29) is 5.41 Å². The average Bonchev–Trinajstić information content (AvgIpc) is 2.26. The summed E-state index contributed by atoms with van der Waals surface area (Å²) in [5.74, 6) is -2.52. The maximum atomic E-state index is 12.9. The van der Waals surface area contributed by atoms with Gasteiger partial charge in [0, 0.05) is 0 Å². The lowest BCUT2D eigenvalue weighted by Gasteiger charge is -2.20. The highest BCUT2D eigenvalue weighted by Crippen LogP contribution is 2.26. The van der Waals surface area contributed by atoms with E-state index >= 15 is 0 Å². The van der Waals surface area contributed by atoms with E-state index in [9.17, 15) is 8.78 Å². The second-order valence-corrected chi connectivity index (χ2v) is 5.13. The number of nitrogens with two attached hydrogens (primary N) is 1. The van der Waals surface area contributed by atoms with E-state index in [2.05, 4.69) is 20.8 Å². The van der Waals surface area contributed by atoms with Gasteiger partial charge >= 0.3 is 0 Å². The number of rotatable bonds is 4. The van der Waals surface area contributed by atoms with Crippen molar-refractivity contribution in [1.29, 1.82) is 0 Å². The summed E-state index contributed by atoms with van der Waals surface area (Å²) in [5.41, 5.74) is 5.95. The van der Waals surface area contributed by atoms with Crippen LogP contribution in [0.1, 0.15) is 26.3 Å². The van der Waals surface area contributed by atoms with Gasteiger partial charge in [0.15, 0.2) is 6.61 Å². The molecular formula is C13H19F2NO. The standard InChI is InChI=1S/C13H19F2NO/c1-12(2,3)10-5-4-6-11(7-10)17-9-13(14,15)8-16/h4-7H,8-9,16H2,1-3H3. The lowest BCUT2D eigenvalue weighted by atomic mass is 9.87. The van der Waals surface area contributed by atoms with Crippen LogP contribution in [0.5, 0.6) is 5.75 Å². The second-order valence-electron chi connectivity index (χ2n) is 5.13. The molecule has 0 spiro atoms. The minimum Gasteiger partial charge on any atom is -0.487 e. The molecule has 0 amide bonds. The number of hydrogen-bond donors (Lipinski definition) is 1. The van der Waals surface area contributed by atoms with Gasteiger partial charge in [-0.1, -0.05) is 32.9 Å². The van der Waals surface area contributed by atoms with Crippen molar-refractivity contribution in [3.8, 4) is 5.75 Å². The van der Waals surface area contributed by atoms with E-state index < -0.39 is 19.1 Å². The summed E-state index contributed by atoms with van der Waals surface area (Å²) in [5, 5.41) is 0. The SMILES string of the molecule is CC(C)(C)c1cccc(OCC(F)(F)CN)c1. The van der Waals surface area contributed by atoms with E-state index in [0.29, 0.717) is 5.75 Å². The highest BCUT2D eigenvalue weighted by molar-refractivity contribution is 5.32. The number of hydrogen-bond acceptors (Lipinski definition) is 2. The molecule has 0 fully saturated rings. The zero-order chi connectivity index (χ0) is 13.1. The molecule has 1 aromatic carbocycles. The van der Waals surface area contributed by atoms with Crippen molar-refractivity contribution in [2.45, 2.75) is 32.1 Å². The second kappa shape index (κ2) is 5.00. The van der Waals surface area contributed by atoms with Crippen LogP contribution in [0.2, 0.25) is 0 Å². The Morgan fingerprint density at radius 1 is 1.24 bits per heavy atom. The van der Waals surface area contributed by atoms with Crippen LogP contribution < -0.4 is 10.5 Å². The molecule has 0 unspecified atom stereocenters. The quantitative estimate of drug-likeness (QED) is 0.882. The summed E-state index contributed by atoms with van der Waals surface area (Å²) in [6, 6.07) is 7.21. The first kappa shape index (κ1) is 13.9. The molecule has 2 nitrogen and oxygen atoms in total. The van der Waals surface area contributed by atoms with Crippen molar-refractivity contribution < 1.29 is 13.5 Å². The van der Waals surface area contributed by atoms with Crippen LogP contribution in [0.25, 0.3) is 0 Å². The molecule has 96 valence electrons. The number of alkyl halides is 2. The van der Waals surface area contributed by atoms with Gasteiger partial charge in [-0.2, -0.15) is 0 Å². The topological polar surface area (TPSA) is 35.2 Å². The van der Waals surface area contributed by atoms with Crippen LogP contribution in [-0.4, -0.2) is 19.1 Å². The van der Waals surface area contributed by atoms with Crippen LogP contribution >= 0.6 is 0 Å². The first-order valence-corrected chi connectivity index (χ1v) is 5.56. The highest BCUT2D eigenvalue weighted by Gasteiger charge is 2.27. The largest absolute Gasteiger partial charge is 0.487 e. The summed E-state index contributed by atoms with van der Waals surface area (Å²) in [4.78, 5) is 0. The van der Waals surface area contributed by atoms with E-state index in [1.807, 2.05) is 6.07 Å². The Kier molecular flexibility index (Phi) is 4.09. The molecule has 17 heavy (non-hydrogen) atoms. The van der Waals surface area contributed by atoms with Crippen LogP contribution in [0.3, 0.4) is 0 Å². The molecule has 0 saturated carbocycles.